The van der Waals surface area contributed by atoms with Crippen LogP contribution in [0.4, 0.5) is 13.2 Å². The second-order valence-electron chi connectivity index (χ2n) is 7.32. The first-order chi connectivity index (χ1) is 16.7. The van der Waals surface area contributed by atoms with E-state index in [4.69, 9.17) is 18.3 Å². The summed E-state index contributed by atoms with van der Waals surface area (Å²) in [5, 5.41) is 0.486. The number of ether oxygens (including phenoxy) is 2. The SMILES string of the molecule is O=C(Oc1ccc2c(=O)c(Oc3ccccc3Br)c(C(F)(F)F)oc2c1)c1cc2ccccc2o1. The normalized spacial score (nSPS) is 11.7. The van der Waals surface area contributed by atoms with Crippen molar-refractivity contribution in [2.75, 3.05) is 0 Å². The van der Waals surface area contributed by atoms with E-state index in [2.05, 4.69) is 15.9 Å². The Labute approximate surface area is 202 Å². The summed E-state index contributed by atoms with van der Waals surface area (Å²) in [4.78, 5) is 25.4. The molecule has 0 aliphatic heterocycles. The molecule has 2 aromatic heterocycles. The predicted octanol–water partition coefficient (Wildman–Crippen LogP) is 7.33. The molecule has 0 saturated heterocycles. The van der Waals surface area contributed by atoms with Crippen LogP contribution in [0.3, 0.4) is 0 Å². The van der Waals surface area contributed by atoms with Crippen molar-refractivity contribution < 1.29 is 36.3 Å². The molecular weight excluding hydrogens is 533 g/mol. The maximum atomic E-state index is 13.8. The van der Waals surface area contributed by atoms with Gasteiger partial charge in [-0.05, 0) is 52.3 Å². The van der Waals surface area contributed by atoms with Crippen molar-refractivity contribution in [2.24, 2.45) is 0 Å². The lowest BCUT2D eigenvalue weighted by Crippen LogP contribution is -2.15. The number of carbonyl (C=O) groups is 1. The van der Waals surface area contributed by atoms with Crippen molar-refractivity contribution >= 4 is 43.8 Å². The molecule has 5 aromatic rings. The first-order valence-corrected chi connectivity index (χ1v) is 10.8. The lowest BCUT2D eigenvalue weighted by Gasteiger charge is -2.14. The third-order valence-electron chi connectivity index (χ3n) is 4.97. The molecular formula is C25H12BrF3O6. The first-order valence-electron chi connectivity index (χ1n) is 10.0. The number of para-hydroxylation sites is 2. The van der Waals surface area contributed by atoms with Crippen LogP contribution in [0.2, 0.25) is 0 Å². The number of alkyl halides is 3. The van der Waals surface area contributed by atoms with Crippen LogP contribution in [0.25, 0.3) is 21.9 Å². The topological polar surface area (TPSA) is 78.9 Å². The molecule has 0 unspecified atom stereocenters. The fourth-order valence-electron chi connectivity index (χ4n) is 3.38. The van der Waals surface area contributed by atoms with Gasteiger partial charge in [-0.1, -0.05) is 30.3 Å². The average Bonchev–Trinajstić information content (AvgIpc) is 3.26. The van der Waals surface area contributed by atoms with E-state index in [0.29, 0.717) is 15.4 Å². The van der Waals surface area contributed by atoms with Crippen LogP contribution in [0.5, 0.6) is 17.2 Å². The van der Waals surface area contributed by atoms with Gasteiger partial charge in [0.1, 0.15) is 22.7 Å². The molecule has 0 amide bonds. The molecule has 0 aliphatic rings. The summed E-state index contributed by atoms with van der Waals surface area (Å²) in [5.41, 5.74) is -1.00. The van der Waals surface area contributed by atoms with Crippen molar-refractivity contribution in [2.45, 2.75) is 6.18 Å². The first kappa shape index (κ1) is 22.7. The summed E-state index contributed by atoms with van der Waals surface area (Å²) in [5.74, 6) is -3.73. The number of esters is 1. The van der Waals surface area contributed by atoms with Gasteiger partial charge in [0.15, 0.2) is 0 Å². The number of hydrogen-bond acceptors (Lipinski definition) is 6. The Balaban J connectivity index is 1.54. The molecule has 3 aromatic carbocycles. The van der Waals surface area contributed by atoms with E-state index < -0.39 is 34.7 Å². The molecule has 35 heavy (non-hydrogen) atoms. The van der Waals surface area contributed by atoms with Crippen molar-refractivity contribution in [3.8, 4) is 17.2 Å². The fraction of sp³-hybridized carbons (Fsp3) is 0.0400. The number of hydrogen-bond donors (Lipinski definition) is 0. The summed E-state index contributed by atoms with van der Waals surface area (Å²) in [6, 6.07) is 18.0. The molecule has 0 bridgehead atoms. The highest BCUT2D eigenvalue weighted by Gasteiger charge is 2.40. The maximum absolute atomic E-state index is 13.8. The van der Waals surface area contributed by atoms with Crippen molar-refractivity contribution in [1.29, 1.82) is 0 Å². The molecule has 5 rings (SSSR count). The maximum Gasteiger partial charge on any atom is 0.453 e. The van der Waals surface area contributed by atoms with E-state index in [0.717, 1.165) is 6.07 Å². The lowest BCUT2D eigenvalue weighted by molar-refractivity contribution is -0.154. The average molecular weight is 545 g/mol. The van der Waals surface area contributed by atoms with Crippen molar-refractivity contribution in [3.63, 3.8) is 0 Å². The Hall–Kier alpha value is -4.05. The molecule has 0 fully saturated rings. The van der Waals surface area contributed by atoms with Gasteiger partial charge in [0.2, 0.25) is 16.9 Å². The number of rotatable bonds is 4. The number of benzene rings is 3. The zero-order valence-corrected chi connectivity index (χ0v) is 19.0. The molecule has 0 spiro atoms. The summed E-state index contributed by atoms with van der Waals surface area (Å²) in [7, 11) is 0. The van der Waals surface area contributed by atoms with Crippen molar-refractivity contribution in [1.82, 2.24) is 0 Å². The highest BCUT2D eigenvalue weighted by Crippen LogP contribution is 2.40. The minimum Gasteiger partial charge on any atom is -0.449 e. The van der Waals surface area contributed by atoms with E-state index in [-0.39, 0.29) is 22.6 Å². The van der Waals surface area contributed by atoms with E-state index in [1.807, 2.05) is 0 Å². The smallest absolute Gasteiger partial charge is 0.449 e. The summed E-state index contributed by atoms with van der Waals surface area (Å²) in [6.07, 6.45) is -5.04. The highest BCUT2D eigenvalue weighted by molar-refractivity contribution is 9.10. The largest absolute Gasteiger partial charge is 0.453 e. The molecule has 0 aliphatic carbocycles. The third kappa shape index (κ3) is 4.40. The molecule has 0 atom stereocenters. The lowest BCUT2D eigenvalue weighted by atomic mass is 10.2. The Morgan fingerprint density at radius 3 is 2.37 bits per heavy atom. The summed E-state index contributed by atoms with van der Waals surface area (Å²) < 4.78 is 62.7. The Bertz CT molecular complexity index is 1620. The van der Waals surface area contributed by atoms with E-state index in [1.165, 1.54) is 24.3 Å². The highest BCUT2D eigenvalue weighted by atomic mass is 79.9. The van der Waals surface area contributed by atoms with E-state index in [9.17, 15) is 22.8 Å². The Morgan fingerprint density at radius 2 is 1.63 bits per heavy atom. The zero-order chi connectivity index (χ0) is 24.7. The number of fused-ring (bicyclic) bond motifs is 2. The Morgan fingerprint density at radius 1 is 0.886 bits per heavy atom. The predicted molar refractivity (Wildman–Crippen MR) is 123 cm³/mol. The molecule has 0 radical (unpaired) electrons. The van der Waals surface area contributed by atoms with E-state index >= 15 is 0 Å². The monoisotopic (exact) mass is 544 g/mol. The zero-order valence-electron chi connectivity index (χ0n) is 17.4. The molecule has 0 saturated carbocycles. The molecule has 0 N–H and O–H groups in total. The molecule has 2 heterocycles. The van der Waals surface area contributed by atoms with Gasteiger partial charge in [-0.25, -0.2) is 4.79 Å². The molecule has 10 heteroatoms. The van der Waals surface area contributed by atoms with Gasteiger partial charge >= 0.3 is 12.1 Å². The van der Waals surface area contributed by atoms with Gasteiger partial charge in [-0.2, -0.15) is 13.2 Å². The van der Waals surface area contributed by atoms with Gasteiger partial charge < -0.3 is 18.3 Å². The Kier molecular flexibility index (Phi) is 5.60. The van der Waals surface area contributed by atoms with Crippen LogP contribution in [0.1, 0.15) is 16.3 Å². The minimum absolute atomic E-state index is 0.000958. The second kappa shape index (κ2) is 8.62. The van der Waals surface area contributed by atoms with Crippen LogP contribution < -0.4 is 14.9 Å². The summed E-state index contributed by atoms with van der Waals surface area (Å²) >= 11 is 3.17. The second-order valence-corrected chi connectivity index (χ2v) is 8.17. The standard InChI is InChI=1S/C25H12BrF3O6/c26-16-6-2-4-8-18(16)34-22-21(30)15-10-9-14(12-19(15)35-23(22)25(27,28)29)32-24(31)20-11-13-5-1-3-7-17(13)33-20/h1-12H. The number of halogens is 4. The van der Waals surface area contributed by atoms with Crippen LogP contribution in [-0.2, 0) is 6.18 Å². The van der Waals surface area contributed by atoms with Gasteiger partial charge in [0.25, 0.3) is 5.76 Å². The molecule has 176 valence electrons. The van der Waals surface area contributed by atoms with Crippen LogP contribution in [0, 0.1) is 0 Å². The van der Waals surface area contributed by atoms with Crippen LogP contribution in [-0.4, -0.2) is 5.97 Å². The van der Waals surface area contributed by atoms with Gasteiger partial charge in [-0.3, -0.25) is 4.79 Å². The fourth-order valence-corrected chi connectivity index (χ4v) is 3.74. The number of furan rings is 1. The van der Waals surface area contributed by atoms with Crippen molar-refractivity contribution in [3.05, 3.63) is 99.0 Å². The number of carbonyl (C=O) groups excluding carboxylic acids is 1. The minimum atomic E-state index is -5.04. The molecule has 6 nitrogen and oxygen atoms in total. The van der Waals surface area contributed by atoms with Crippen LogP contribution >= 0.6 is 15.9 Å². The van der Waals surface area contributed by atoms with Gasteiger partial charge in [0, 0.05) is 11.5 Å². The third-order valence-corrected chi connectivity index (χ3v) is 5.62. The van der Waals surface area contributed by atoms with Gasteiger partial charge in [-0.15, -0.1) is 0 Å². The van der Waals surface area contributed by atoms with Crippen LogP contribution in [0.15, 0.2) is 90.9 Å². The summed E-state index contributed by atoms with van der Waals surface area (Å²) in [6.45, 7) is 0. The van der Waals surface area contributed by atoms with Gasteiger partial charge in [0.05, 0.1) is 9.86 Å². The van der Waals surface area contributed by atoms with E-state index in [1.54, 1.807) is 42.5 Å². The quantitative estimate of drug-likeness (QED) is 0.174.